The standard InChI is InChI=1S/C21H30N6O3.HI/c1-4-18-24-19(30-25-18)17-8-6-16(7-9-17)10-11-23-20(22-3)26-12-14-27(15-13-26)21(28)29-5-2;/h6-9H,4-5,10-15H2,1-3H3,(H,22,23);1H. The lowest BCUT2D eigenvalue weighted by atomic mass is 10.1. The van der Waals surface area contributed by atoms with Gasteiger partial charge in [-0.05, 0) is 31.0 Å². The molecule has 0 spiro atoms. The Labute approximate surface area is 200 Å². The smallest absolute Gasteiger partial charge is 0.409 e. The largest absolute Gasteiger partial charge is 0.450 e. The van der Waals surface area contributed by atoms with Gasteiger partial charge in [0.05, 0.1) is 6.61 Å². The molecule has 170 valence electrons. The molecule has 3 rings (SSSR count). The number of rotatable bonds is 6. The minimum absolute atomic E-state index is 0. The van der Waals surface area contributed by atoms with Gasteiger partial charge in [0, 0.05) is 51.8 Å². The number of aromatic nitrogens is 2. The van der Waals surface area contributed by atoms with Gasteiger partial charge in [0.2, 0.25) is 0 Å². The number of nitrogens with zero attached hydrogens (tertiary/aromatic N) is 5. The first-order valence-corrected chi connectivity index (χ1v) is 10.4. The summed E-state index contributed by atoms with van der Waals surface area (Å²) in [6.07, 6.45) is 1.38. The van der Waals surface area contributed by atoms with Gasteiger partial charge in [-0.1, -0.05) is 24.2 Å². The number of amides is 1. The van der Waals surface area contributed by atoms with Crippen molar-refractivity contribution in [3.05, 3.63) is 35.7 Å². The molecule has 10 heteroatoms. The minimum atomic E-state index is -0.241. The highest BCUT2D eigenvalue weighted by Crippen LogP contribution is 2.18. The van der Waals surface area contributed by atoms with E-state index in [1.54, 1.807) is 11.9 Å². The maximum Gasteiger partial charge on any atom is 0.409 e. The van der Waals surface area contributed by atoms with Crippen LogP contribution in [-0.4, -0.2) is 78.4 Å². The Morgan fingerprint density at radius 1 is 1.16 bits per heavy atom. The van der Waals surface area contributed by atoms with Crippen LogP contribution in [0.4, 0.5) is 4.79 Å². The molecule has 9 nitrogen and oxygen atoms in total. The molecule has 0 atom stereocenters. The van der Waals surface area contributed by atoms with Gasteiger partial charge < -0.3 is 24.4 Å². The number of guanidine groups is 1. The molecule has 0 unspecified atom stereocenters. The number of nitrogens with one attached hydrogen (secondary N) is 1. The summed E-state index contributed by atoms with van der Waals surface area (Å²) in [6, 6.07) is 8.17. The Balaban J connectivity index is 0.00000341. The molecule has 1 aromatic carbocycles. The van der Waals surface area contributed by atoms with Gasteiger partial charge in [0.1, 0.15) is 0 Å². The van der Waals surface area contributed by atoms with Crippen LogP contribution >= 0.6 is 24.0 Å². The molecule has 1 N–H and O–H groups in total. The molecule has 1 saturated heterocycles. The zero-order valence-electron chi connectivity index (χ0n) is 18.3. The van der Waals surface area contributed by atoms with Crippen molar-refractivity contribution in [2.24, 2.45) is 4.99 Å². The lowest BCUT2D eigenvalue weighted by Crippen LogP contribution is -2.54. The summed E-state index contributed by atoms with van der Waals surface area (Å²) in [4.78, 5) is 24.5. The van der Waals surface area contributed by atoms with Crippen LogP contribution in [0.3, 0.4) is 0 Å². The number of hydrogen-bond acceptors (Lipinski definition) is 6. The number of ether oxygens (including phenoxy) is 1. The fraction of sp³-hybridized carbons (Fsp3) is 0.524. The average Bonchev–Trinajstić information content (AvgIpc) is 3.27. The molecule has 2 heterocycles. The summed E-state index contributed by atoms with van der Waals surface area (Å²) in [5.74, 6) is 2.12. The van der Waals surface area contributed by atoms with Crippen LogP contribution in [0.2, 0.25) is 0 Å². The van der Waals surface area contributed by atoms with Crippen molar-refractivity contribution < 1.29 is 14.1 Å². The van der Waals surface area contributed by atoms with Gasteiger partial charge in [0.25, 0.3) is 5.89 Å². The van der Waals surface area contributed by atoms with E-state index in [0.717, 1.165) is 44.0 Å². The molecule has 1 fully saturated rings. The Morgan fingerprint density at radius 2 is 1.84 bits per heavy atom. The van der Waals surface area contributed by atoms with Crippen LogP contribution in [0.1, 0.15) is 25.2 Å². The molecule has 0 bridgehead atoms. The van der Waals surface area contributed by atoms with Crippen molar-refractivity contribution in [2.75, 3.05) is 46.4 Å². The second-order valence-electron chi connectivity index (χ2n) is 6.96. The number of benzene rings is 1. The summed E-state index contributed by atoms with van der Waals surface area (Å²) < 4.78 is 10.4. The van der Waals surface area contributed by atoms with E-state index >= 15 is 0 Å². The second-order valence-corrected chi connectivity index (χ2v) is 6.96. The summed E-state index contributed by atoms with van der Waals surface area (Å²) in [5, 5.41) is 7.35. The van der Waals surface area contributed by atoms with Crippen LogP contribution in [0, 0.1) is 0 Å². The van der Waals surface area contributed by atoms with Gasteiger partial charge in [-0.15, -0.1) is 24.0 Å². The van der Waals surface area contributed by atoms with E-state index in [1.807, 2.05) is 26.0 Å². The molecule has 1 aliphatic heterocycles. The molecule has 0 radical (unpaired) electrons. The monoisotopic (exact) mass is 542 g/mol. The van der Waals surface area contributed by atoms with Gasteiger partial charge in [-0.2, -0.15) is 4.98 Å². The van der Waals surface area contributed by atoms with Crippen molar-refractivity contribution in [3.63, 3.8) is 0 Å². The highest BCUT2D eigenvalue weighted by molar-refractivity contribution is 14.0. The zero-order chi connectivity index (χ0) is 21.3. The molecular formula is C21H31IN6O3. The van der Waals surface area contributed by atoms with E-state index in [9.17, 15) is 4.79 Å². The second kappa shape index (κ2) is 12.5. The zero-order valence-corrected chi connectivity index (χ0v) is 20.7. The number of piperazine rings is 1. The first-order chi connectivity index (χ1) is 14.6. The topological polar surface area (TPSA) is 96.1 Å². The predicted molar refractivity (Wildman–Crippen MR) is 130 cm³/mol. The number of carbonyl (C=O) groups excluding carboxylic acids is 1. The predicted octanol–water partition coefficient (Wildman–Crippen LogP) is 2.81. The number of halogens is 1. The Morgan fingerprint density at radius 3 is 2.42 bits per heavy atom. The first-order valence-electron chi connectivity index (χ1n) is 10.4. The number of hydrogen-bond donors (Lipinski definition) is 1. The molecule has 31 heavy (non-hydrogen) atoms. The van der Waals surface area contributed by atoms with Gasteiger partial charge in [-0.25, -0.2) is 4.79 Å². The Bertz CT molecular complexity index is 847. The summed E-state index contributed by atoms with van der Waals surface area (Å²) in [5.41, 5.74) is 2.14. The highest BCUT2D eigenvalue weighted by Gasteiger charge is 2.23. The van der Waals surface area contributed by atoms with Crippen LogP contribution < -0.4 is 5.32 Å². The van der Waals surface area contributed by atoms with Crippen molar-refractivity contribution in [3.8, 4) is 11.5 Å². The van der Waals surface area contributed by atoms with E-state index < -0.39 is 0 Å². The molecular weight excluding hydrogens is 511 g/mol. The van der Waals surface area contributed by atoms with Crippen molar-refractivity contribution in [2.45, 2.75) is 26.7 Å². The molecule has 2 aromatic rings. The van der Waals surface area contributed by atoms with E-state index in [1.165, 1.54) is 5.56 Å². The van der Waals surface area contributed by atoms with E-state index in [-0.39, 0.29) is 30.1 Å². The lowest BCUT2D eigenvalue weighted by Gasteiger charge is -2.35. The van der Waals surface area contributed by atoms with E-state index in [4.69, 9.17) is 9.26 Å². The average molecular weight is 542 g/mol. The normalized spacial score (nSPS) is 14.2. The van der Waals surface area contributed by atoms with Crippen molar-refractivity contribution in [1.82, 2.24) is 25.3 Å². The Kier molecular flexibility index (Phi) is 10.0. The van der Waals surface area contributed by atoms with E-state index in [2.05, 4.69) is 37.5 Å². The third kappa shape index (κ3) is 6.81. The number of carbonyl (C=O) groups is 1. The summed E-state index contributed by atoms with van der Waals surface area (Å²) in [7, 11) is 1.78. The van der Waals surface area contributed by atoms with Crippen molar-refractivity contribution >= 4 is 36.0 Å². The number of aliphatic imine (C=N–C) groups is 1. The fourth-order valence-electron chi connectivity index (χ4n) is 3.30. The maximum atomic E-state index is 11.8. The molecule has 1 amide bonds. The van der Waals surface area contributed by atoms with Crippen LogP contribution in [-0.2, 0) is 17.6 Å². The third-order valence-electron chi connectivity index (χ3n) is 5.00. The van der Waals surface area contributed by atoms with Crippen LogP contribution in [0.5, 0.6) is 0 Å². The minimum Gasteiger partial charge on any atom is -0.450 e. The molecule has 0 aliphatic carbocycles. The van der Waals surface area contributed by atoms with E-state index in [0.29, 0.717) is 31.4 Å². The summed E-state index contributed by atoms with van der Waals surface area (Å²) >= 11 is 0. The van der Waals surface area contributed by atoms with Gasteiger partial charge in [0.15, 0.2) is 11.8 Å². The molecule has 0 saturated carbocycles. The van der Waals surface area contributed by atoms with Crippen LogP contribution in [0.15, 0.2) is 33.8 Å². The molecule has 1 aliphatic rings. The quantitative estimate of drug-likeness (QED) is 0.341. The number of aryl methyl sites for hydroxylation is 1. The summed E-state index contributed by atoms with van der Waals surface area (Å²) in [6.45, 7) is 7.73. The fourth-order valence-corrected chi connectivity index (χ4v) is 3.30. The molecule has 1 aromatic heterocycles. The third-order valence-corrected chi connectivity index (χ3v) is 5.00. The van der Waals surface area contributed by atoms with Crippen LogP contribution in [0.25, 0.3) is 11.5 Å². The SMILES string of the molecule is CCOC(=O)N1CCN(C(=NC)NCCc2ccc(-c3nc(CC)no3)cc2)CC1.I. The Hall–Kier alpha value is -2.37. The lowest BCUT2D eigenvalue weighted by molar-refractivity contribution is 0.0915. The maximum absolute atomic E-state index is 11.8. The van der Waals surface area contributed by atoms with Gasteiger partial charge >= 0.3 is 6.09 Å². The highest BCUT2D eigenvalue weighted by atomic mass is 127. The van der Waals surface area contributed by atoms with Crippen molar-refractivity contribution in [1.29, 1.82) is 0 Å². The first kappa shape index (κ1) is 24.9. The van der Waals surface area contributed by atoms with Gasteiger partial charge in [-0.3, -0.25) is 4.99 Å².